The van der Waals surface area contributed by atoms with Crippen LogP contribution in [0.1, 0.15) is 23.1 Å². The predicted octanol–water partition coefficient (Wildman–Crippen LogP) is 3.68. The summed E-state index contributed by atoms with van der Waals surface area (Å²) in [7, 11) is 0. The molecule has 0 spiro atoms. The van der Waals surface area contributed by atoms with E-state index >= 15 is 0 Å². The molecule has 0 aliphatic heterocycles. The molecule has 0 fully saturated rings. The average molecular weight is 363 g/mol. The summed E-state index contributed by atoms with van der Waals surface area (Å²) in [5.74, 6) is 0. The zero-order valence-corrected chi connectivity index (χ0v) is 13.1. The molecule has 0 saturated heterocycles. The van der Waals surface area contributed by atoms with Crippen LogP contribution in [0.25, 0.3) is 0 Å². The third kappa shape index (κ3) is 2.43. The van der Waals surface area contributed by atoms with Crippen molar-refractivity contribution in [2.24, 2.45) is 5.73 Å². The van der Waals surface area contributed by atoms with E-state index in [-0.39, 0.29) is 5.41 Å². The zero-order valence-electron chi connectivity index (χ0n) is 10.9. The second-order valence-corrected chi connectivity index (χ2v) is 6.69. The van der Waals surface area contributed by atoms with Gasteiger partial charge in [-0.3, -0.25) is 0 Å². The number of hydrogen-bond acceptors (Lipinski definition) is 1. The van der Waals surface area contributed by atoms with E-state index in [2.05, 4.69) is 71.1 Å². The third-order valence-corrected chi connectivity index (χ3v) is 5.03. The van der Waals surface area contributed by atoms with E-state index in [9.17, 15) is 0 Å². The normalized spacial score (nSPS) is 21.4. The fourth-order valence-corrected chi connectivity index (χ4v) is 3.58. The Hall–Kier alpha value is -0.870. The highest BCUT2D eigenvalue weighted by molar-refractivity contribution is 14.1. The number of benzene rings is 2. The van der Waals surface area contributed by atoms with Gasteiger partial charge in [-0.25, -0.2) is 0 Å². The van der Waals surface area contributed by atoms with E-state index < -0.39 is 0 Å². The van der Waals surface area contributed by atoms with Gasteiger partial charge in [0.05, 0.1) is 0 Å². The summed E-state index contributed by atoms with van der Waals surface area (Å²) in [6.07, 6.45) is 3.39. The van der Waals surface area contributed by atoms with Crippen molar-refractivity contribution < 1.29 is 0 Å². The molecular formula is C17H18IN. The molecule has 1 unspecified atom stereocenters. The molecule has 19 heavy (non-hydrogen) atoms. The molecule has 0 amide bonds. The van der Waals surface area contributed by atoms with Crippen molar-refractivity contribution in [1.82, 2.24) is 0 Å². The van der Waals surface area contributed by atoms with E-state index in [4.69, 9.17) is 5.73 Å². The third-order valence-electron chi connectivity index (χ3n) is 4.31. The van der Waals surface area contributed by atoms with Gasteiger partial charge in [-0.2, -0.15) is 0 Å². The van der Waals surface area contributed by atoms with Gasteiger partial charge >= 0.3 is 0 Å². The van der Waals surface area contributed by atoms with Crippen molar-refractivity contribution in [3.8, 4) is 0 Å². The molecule has 3 rings (SSSR count). The molecule has 2 N–H and O–H groups in total. The smallest absolute Gasteiger partial charge is 0.0130 e. The van der Waals surface area contributed by atoms with Crippen LogP contribution in [-0.4, -0.2) is 6.54 Å². The van der Waals surface area contributed by atoms with Gasteiger partial charge in [0.1, 0.15) is 0 Å². The maximum atomic E-state index is 6.16. The Balaban J connectivity index is 1.95. The Labute approximate surface area is 128 Å². The molecule has 2 aromatic rings. The quantitative estimate of drug-likeness (QED) is 0.828. The van der Waals surface area contributed by atoms with Crippen molar-refractivity contribution in [1.29, 1.82) is 0 Å². The van der Waals surface area contributed by atoms with Crippen molar-refractivity contribution in [2.75, 3.05) is 6.54 Å². The summed E-state index contributed by atoms with van der Waals surface area (Å²) in [6.45, 7) is 0.732. The SMILES string of the molecule is NCC1(Cc2ccc(I)cc2)CCc2ccccc21. The van der Waals surface area contributed by atoms with Crippen LogP contribution in [0.5, 0.6) is 0 Å². The molecule has 1 nitrogen and oxygen atoms in total. The molecule has 2 heteroatoms. The van der Waals surface area contributed by atoms with Gasteiger partial charge in [0.25, 0.3) is 0 Å². The lowest BCUT2D eigenvalue weighted by Crippen LogP contribution is -2.35. The highest BCUT2D eigenvalue weighted by atomic mass is 127. The first-order valence-electron chi connectivity index (χ1n) is 6.76. The predicted molar refractivity (Wildman–Crippen MR) is 88.4 cm³/mol. The van der Waals surface area contributed by atoms with Gasteiger partial charge < -0.3 is 5.73 Å². The molecule has 1 atom stereocenters. The minimum atomic E-state index is 0.142. The van der Waals surface area contributed by atoms with Gasteiger partial charge in [-0.15, -0.1) is 0 Å². The number of rotatable bonds is 3. The standard InChI is InChI=1S/C17H18IN/c18-15-7-5-13(6-8-15)11-17(12-19)10-9-14-3-1-2-4-16(14)17/h1-8H,9-12,19H2. The monoisotopic (exact) mass is 363 g/mol. The maximum absolute atomic E-state index is 6.16. The number of nitrogens with two attached hydrogens (primary N) is 1. The summed E-state index contributed by atoms with van der Waals surface area (Å²) in [5.41, 5.74) is 10.6. The van der Waals surface area contributed by atoms with E-state index in [1.54, 1.807) is 0 Å². The minimum Gasteiger partial charge on any atom is -0.330 e. The largest absolute Gasteiger partial charge is 0.330 e. The Bertz CT molecular complexity index is 576. The van der Waals surface area contributed by atoms with Crippen LogP contribution in [0.15, 0.2) is 48.5 Å². The first kappa shape index (κ1) is 13.1. The van der Waals surface area contributed by atoms with Crippen LogP contribution < -0.4 is 5.73 Å². The molecular weight excluding hydrogens is 345 g/mol. The van der Waals surface area contributed by atoms with Crippen LogP contribution in [0, 0.1) is 3.57 Å². The average Bonchev–Trinajstić information content (AvgIpc) is 2.81. The molecule has 1 aliphatic carbocycles. The topological polar surface area (TPSA) is 26.0 Å². The minimum absolute atomic E-state index is 0.142. The molecule has 1 aliphatic rings. The second-order valence-electron chi connectivity index (χ2n) is 5.44. The summed E-state index contributed by atoms with van der Waals surface area (Å²) < 4.78 is 1.29. The van der Waals surface area contributed by atoms with Gasteiger partial charge in [-0.05, 0) is 70.7 Å². The number of halogens is 1. The fraction of sp³-hybridized carbons (Fsp3) is 0.294. The Kier molecular flexibility index (Phi) is 3.63. The van der Waals surface area contributed by atoms with Crippen LogP contribution >= 0.6 is 22.6 Å². The van der Waals surface area contributed by atoms with Gasteiger partial charge in [0.15, 0.2) is 0 Å². The van der Waals surface area contributed by atoms with Crippen LogP contribution in [0.2, 0.25) is 0 Å². The summed E-state index contributed by atoms with van der Waals surface area (Å²) >= 11 is 2.35. The van der Waals surface area contributed by atoms with Crippen molar-refractivity contribution in [3.05, 3.63) is 68.8 Å². The molecule has 0 aromatic heterocycles. The Morgan fingerprint density at radius 1 is 1.05 bits per heavy atom. The molecule has 0 radical (unpaired) electrons. The Morgan fingerprint density at radius 2 is 1.79 bits per heavy atom. The van der Waals surface area contributed by atoms with Crippen LogP contribution in [-0.2, 0) is 18.3 Å². The number of fused-ring (bicyclic) bond motifs is 1. The van der Waals surface area contributed by atoms with E-state index in [1.165, 1.54) is 26.7 Å². The molecule has 0 heterocycles. The summed E-state index contributed by atoms with van der Waals surface area (Å²) in [6, 6.07) is 17.6. The first-order chi connectivity index (χ1) is 9.23. The van der Waals surface area contributed by atoms with Crippen molar-refractivity contribution >= 4 is 22.6 Å². The van der Waals surface area contributed by atoms with Crippen molar-refractivity contribution in [3.63, 3.8) is 0 Å². The first-order valence-corrected chi connectivity index (χ1v) is 7.84. The second kappa shape index (κ2) is 5.25. The van der Waals surface area contributed by atoms with Gasteiger partial charge in [0, 0.05) is 15.5 Å². The maximum Gasteiger partial charge on any atom is 0.0130 e. The lowest BCUT2D eigenvalue weighted by atomic mass is 9.77. The fourth-order valence-electron chi connectivity index (χ4n) is 3.23. The number of hydrogen-bond donors (Lipinski definition) is 1. The molecule has 0 saturated carbocycles. The van der Waals surface area contributed by atoms with Crippen LogP contribution in [0.3, 0.4) is 0 Å². The van der Waals surface area contributed by atoms with E-state index in [0.29, 0.717) is 0 Å². The highest BCUT2D eigenvalue weighted by Crippen LogP contribution is 2.40. The van der Waals surface area contributed by atoms with Crippen molar-refractivity contribution in [2.45, 2.75) is 24.7 Å². The summed E-state index contributed by atoms with van der Waals surface area (Å²) in [5, 5.41) is 0. The lowest BCUT2D eigenvalue weighted by Gasteiger charge is -2.29. The van der Waals surface area contributed by atoms with E-state index in [1.807, 2.05) is 0 Å². The molecule has 0 bridgehead atoms. The van der Waals surface area contributed by atoms with E-state index in [0.717, 1.165) is 19.4 Å². The molecule has 2 aromatic carbocycles. The zero-order chi connectivity index (χ0) is 13.3. The van der Waals surface area contributed by atoms with Gasteiger partial charge in [-0.1, -0.05) is 36.4 Å². The Morgan fingerprint density at radius 3 is 2.53 bits per heavy atom. The lowest BCUT2D eigenvalue weighted by molar-refractivity contribution is 0.432. The number of aryl methyl sites for hydroxylation is 1. The molecule has 98 valence electrons. The highest BCUT2D eigenvalue weighted by Gasteiger charge is 2.37. The van der Waals surface area contributed by atoms with Gasteiger partial charge in [0.2, 0.25) is 0 Å². The summed E-state index contributed by atoms with van der Waals surface area (Å²) in [4.78, 5) is 0. The van der Waals surface area contributed by atoms with Crippen LogP contribution in [0.4, 0.5) is 0 Å².